The minimum Gasteiger partial charge on any atom is -0.364 e. The van der Waals surface area contributed by atoms with Gasteiger partial charge in [0.2, 0.25) is 0 Å². The van der Waals surface area contributed by atoms with Gasteiger partial charge in [0.05, 0.1) is 17.1 Å². The Bertz CT molecular complexity index is 856. The molecule has 0 aliphatic heterocycles. The SMILES string of the molecule is Cc1nc(C)c(-c2ccc(-c3ccccc3)cc2)nc1C(N)=O. The van der Waals surface area contributed by atoms with Gasteiger partial charge in [0.25, 0.3) is 5.91 Å². The minimum absolute atomic E-state index is 0.220. The van der Waals surface area contributed by atoms with Gasteiger partial charge in [-0.15, -0.1) is 0 Å². The summed E-state index contributed by atoms with van der Waals surface area (Å²) in [6.45, 7) is 3.62. The van der Waals surface area contributed by atoms with Gasteiger partial charge in [-0.3, -0.25) is 9.78 Å². The molecular formula is C19H17N3O. The molecule has 2 N–H and O–H groups in total. The van der Waals surface area contributed by atoms with Crippen molar-refractivity contribution in [1.29, 1.82) is 0 Å². The molecule has 4 heteroatoms. The van der Waals surface area contributed by atoms with Crippen LogP contribution in [0.5, 0.6) is 0 Å². The second-order valence-corrected chi connectivity index (χ2v) is 5.40. The Labute approximate surface area is 135 Å². The molecule has 3 aromatic rings. The zero-order valence-corrected chi connectivity index (χ0v) is 13.1. The van der Waals surface area contributed by atoms with E-state index in [1.807, 2.05) is 49.4 Å². The largest absolute Gasteiger partial charge is 0.364 e. The number of amides is 1. The van der Waals surface area contributed by atoms with Gasteiger partial charge in [-0.2, -0.15) is 0 Å². The first-order valence-electron chi connectivity index (χ1n) is 7.37. The van der Waals surface area contributed by atoms with Crippen LogP contribution in [0, 0.1) is 13.8 Å². The molecule has 0 fully saturated rings. The number of aromatic nitrogens is 2. The van der Waals surface area contributed by atoms with Crippen molar-refractivity contribution in [2.75, 3.05) is 0 Å². The average molecular weight is 303 g/mol. The molecule has 1 aromatic heterocycles. The summed E-state index contributed by atoms with van der Waals surface area (Å²) in [6.07, 6.45) is 0. The van der Waals surface area contributed by atoms with Crippen molar-refractivity contribution < 1.29 is 4.79 Å². The van der Waals surface area contributed by atoms with Crippen molar-refractivity contribution in [3.63, 3.8) is 0 Å². The third-order valence-corrected chi connectivity index (χ3v) is 3.74. The highest BCUT2D eigenvalue weighted by Gasteiger charge is 2.13. The lowest BCUT2D eigenvalue weighted by atomic mass is 10.0. The highest BCUT2D eigenvalue weighted by molar-refractivity contribution is 5.92. The number of aryl methyl sites for hydroxylation is 2. The van der Waals surface area contributed by atoms with E-state index < -0.39 is 5.91 Å². The topological polar surface area (TPSA) is 68.9 Å². The molecule has 0 saturated heterocycles. The van der Waals surface area contributed by atoms with Gasteiger partial charge in [-0.25, -0.2) is 4.98 Å². The summed E-state index contributed by atoms with van der Waals surface area (Å²) in [5, 5.41) is 0. The van der Waals surface area contributed by atoms with Crippen LogP contribution in [0.2, 0.25) is 0 Å². The predicted octanol–water partition coefficient (Wildman–Crippen LogP) is 3.53. The van der Waals surface area contributed by atoms with Crippen LogP contribution in [0.3, 0.4) is 0 Å². The Morgan fingerprint density at radius 3 is 1.96 bits per heavy atom. The number of nitrogens with zero attached hydrogens (tertiary/aromatic N) is 2. The van der Waals surface area contributed by atoms with E-state index in [2.05, 4.69) is 22.1 Å². The standard InChI is InChI=1S/C19H17N3O/c1-12-17(22-18(19(20)23)13(2)21-12)16-10-8-15(9-11-16)14-6-4-3-5-7-14/h3-11H,1-2H3,(H2,20,23). The van der Waals surface area contributed by atoms with Crippen LogP contribution in [0.15, 0.2) is 54.6 Å². The average Bonchev–Trinajstić information content (AvgIpc) is 2.56. The molecule has 114 valence electrons. The molecule has 3 rings (SSSR count). The molecule has 0 bridgehead atoms. The third kappa shape index (κ3) is 2.97. The second kappa shape index (κ2) is 6.01. The molecule has 2 aromatic carbocycles. The van der Waals surface area contributed by atoms with Crippen LogP contribution >= 0.6 is 0 Å². The lowest BCUT2D eigenvalue weighted by Gasteiger charge is -2.09. The molecule has 0 aliphatic carbocycles. The summed E-state index contributed by atoms with van der Waals surface area (Å²) < 4.78 is 0. The van der Waals surface area contributed by atoms with Crippen molar-refractivity contribution in [3.8, 4) is 22.4 Å². The monoisotopic (exact) mass is 303 g/mol. The number of carbonyl (C=O) groups is 1. The molecule has 4 nitrogen and oxygen atoms in total. The van der Waals surface area contributed by atoms with Crippen LogP contribution in [-0.2, 0) is 0 Å². The van der Waals surface area contributed by atoms with Gasteiger partial charge in [0.15, 0.2) is 0 Å². The predicted molar refractivity (Wildman–Crippen MR) is 90.9 cm³/mol. The molecular weight excluding hydrogens is 286 g/mol. The first-order chi connectivity index (χ1) is 11.1. The van der Waals surface area contributed by atoms with E-state index in [0.29, 0.717) is 11.4 Å². The smallest absolute Gasteiger partial charge is 0.269 e. The Kier molecular flexibility index (Phi) is 3.89. The molecule has 0 spiro atoms. The van der Waals surface area contributed by atoms with Gasteiger partial charge < -0.3 is 5.73 Å². The minimum atomic E-state index is -0.558. The maximum atomic E-state index is 11.5. The Hall–Kier alpha value is -3.01. The summed E-state index contributed by atoms with van der Waals surface area (Å²) in [5.41, 5.74) is 10.8. The van der Waals surface area contributed by atoms with E-state index in [-0.39, 0.29) is 5.69 Å². The van der Waals surface area contributed by atoms with Crippen molar-refractivity contribution in [2.45, 2.75) is 13.8 Å². The number of hydrogen-bond donors (Lipinski definition) is 1. The molecule has 23 heavy (non-hydrogen) atoms. The van der Waals surface area contributed by atoms with E-state index in [9.17, 15) is 4.79 Å². The zero-order valence-electron chi connectivity index (χ0n) is 13.1. The number of hydrogen-bond acceptors (Lipinski definition) is 3. The van der Waals surface area contributed by atoms with E-state index in [0.717, 1.165) is 22.4 Å². The summed E-state index contributed by atoms with van der Waals surface area (Å²) in [4.78, 5) is 20.3. The lowest BCUT2D eigenvalue weighted by Crippen LogP contribution is -2.17. The fourth-order valence-corrected chi connectivity index (χ4v) is 2.59. The van der Waals surface area contributed by atoms with Crippen molar-refractivity contribution >= 4 is 5.91 Å². The highest BCUT2D eigenvalue weighted by Crippen LogP contribution is 2.25. The third-order valence-electron chi connectivity index (χ3n) is 3.74. The van der Waals surface area contributed by atoms with Crippen LogP contribution < -0.4 is 5.73 Å². The summed E-state index contributed by atoms with van der Waals surface area (Å²) in [6, 6.07) is 18.2. The molecule has 0 aliphatic rings. The van der Waals surface area contributed by atoms with Gasteiger partial charge >= 0.3 is 0 Å². The number of nitrogens with two attached hydrogens (primary N) is 1. The number of primary amides is 1. The number of benzene rings is 2. The van der Waals surface area contributed by atoms with E-state index in [1.54, 1.807) is 6.92 Å². The zero-order chi connectivity index (χ0) is 16.4. The van der Waals surface area contributed by atoms with Gasteiger partial charge in [-0.05, 0) is 25.0 Å². The Balaban J connectivity index is 2.03. The molecule has 1 amide bonds. The summed E-state index contributed by atoms with van der Waals surface area (Å²) >= 11 is 0. The highest BCUT2D eigenvalue weighted by atomic mass is 16.1. The fraction of sp³-hybridized carbons (Fsp3) is 0.105. The van der Waals surface area contributed by atoms with E-state index >= 15 is 0 Å². The molecule has 1 heterocycles. The lowest BCUT2D eigenvalue weighted by molar-refractivity contribution is 0.0994. The summed E-state index contributed by atoms with van der Waals surface area (Å²) in [5.74, 6) is -0.558. The number of carbonyl (C=O) groups excluding carboxylic acids is 1. The summed E-state index contributed by atoms with van der Waals surface area (Å²) in [7, 11) is 0. The normalized spacial score (nSPS) is 10.5. The first kappa shape index (κ1) is 14.9. The molecule has 0 saturated carbocycles. The van der Waals surface area contributed by atoms with Crippen molar-refractivity contribution in [2.24, 2.45) is 5.73 Å². The second-order valence-electron chi connectivity index (χ2n) is 5.40. The van der Waals surface area contributed by atoms with Crippen LogP contribution in [0.25, 0.3) is 22.4 Å². The quantitative estimate of drug-likeness (QED) is 0.804. The Morgan fingerprint density at radius 1 is 0.783 bits per heavy atom. The van der Waals surface area contributed by atoms with Gasteiger partial charge in [0.1, 0.15) is 5.69 Å². The fourth-order valence-electron chi connectivity index (χ4n) is 2.59. The molecule has 0 atom stereocenters. The van der Waals surface area contributed by atoms with E-state index in [4.69, 9.17) is 5.73 Å². The van der Waals surface area contributed by atoms with Gasteiger partial charge in [0, 0.05) is 5.56 Å². The number of rotatable bonds is 3. The van der Waals surface area contributed by atoms with Crippen LogP contribution in [0.1, 0.15) is 21.9 Å². The maximum Gasteiger partial charge on any atom is 0.269 e. The first-order valence-corrected chi connectivity index (χ1v) is 7.37. The van der Waals surface area contributed by atoms with Crippen LogP contribution in [0.4, 0.5) is 0 Å². The van der Waals surface area contributed by atoms with Crippen molar-refractivity contribution in [3.05, 3.63) is 71.7 Å². The van der Waals surface area contributed by atoms with E-state index in [1.165, 1.54) is 0 Å². The molecule has 0 radical (unpaired) electrons. The molecule has 0 unspecified atom stereocenters. The van der Waals surface area contributed by atoms with Gasteiger partial charge in [-0.1, -0.05) is 54.6 Å². The van der Waals surface area contributed by atoms with Crippen molar-refractivity contribution in [1.82, 2.24) is 9.97 Å². The maximum absolute atomic E-state index is 11.5. The Morgan fingerprint density at radius 2 is 1.35 bits per heavy atom. The van der Waals surface area contributed by atoms with Crippen LogP contribution in [-0.4, -0.2) is 15.9 Å².